The van der Waals surface area contributed by atoms with Gasteiger partial charge in [0.1, 0.15) is 11.3 Å². The Kier molecular flexibility index (Phi) is 5.35. The lowest BCUT2D eigenvalue weighted by Crippen LogP contribution is -2.62. The molecule has 2 N–H and O–H groups in total. The molecule has 2 heterocycles. The Bertz CT molecular complexity index is 1040. The van der Waals surface area contributed by atoms with Crippen LogP contribution in [0.1, 0.15) is 58.1 Å². The molecule has 1 fully saturated rings. The maximum absolute atomic E-state index is 12.5. The number of carbonyl (C=O) groups is 1. The summed E-state index contributed by atoms with van der Waals surface area (Å²) < 4.78 is 11.2. The Hall–Kier alpha value is -2.05. The molecule has 6 nitrogen and oxygen atoms in total. The van der Waals surface area contributed by atoms with Gasteiger partial charge in [0.2, 0.25) is 0 Å². The van der Waals surface area contributed by atoms with Crippen molar-refractivity contribution in [2.45, 2.75) is 76.9 Å². The fourth-order valence-corrected chi connectivity index (χ4v) is 5.45. The van der Waals surface area contributed by atoms with Gasteiger partial charge in [-0.3, -0.25) is 4.79 Å². The fraction of sp³-hybridized carbons (Fsp3) is 0.565. The van der Waals surface area contributed by atoms with Gasteiger partial charge < -0.3 is 19.8 Å². The van der Waals surface area contributed by atoms with Gasteiger partial charge in [0, 0.05) is 34.1 Å². The molecule has 7 heteroatoms. The predicted molar refractivity (Wildman–Crippen MR) is 117 cm³/mol. The summed E-state index contributed by atoms with van der Waals surface area (Å²) in [5.74, 6) is 0.145. The molecule has 0 unspecified atom stereocenters. The molecule has 2 aromatic rings. The van der Waals surface area contributed by atoms with Crippen LogP contribution in [0.4, 0.5) is 0 Å². The molecule has 1 amide bonds. The largest absolute Gasteiger partial charge is 0.482 e. The van der Waals surface area contributed by atoms with Crippen LogP contribution in [0.2, 0.25) is 5.02 Å². The first-order valence-corrected chi connectivity index (χ1v) is 10.9. The van der Waals surface area contributed by atoms with E-state index in [4.69, 9.17) is 20.8 Å². The summed E-state index contributed by atoms with van der Waals surface area (Å²) in [6.07, 6.45) is 4.22. The molecule has 1 aliphatic heterocycles. The Morgan fingerprint density at radius 2 is 1.87 bits per heavy atom. The Balaban J connectivity index is 1.46. The number of fused-ring (bicyclic) bond motifs is 3. The highest BCUT2D eigenvalue weighted by molar-refractivity contribution is 6.32. The minimum Gasteiger partial charge on any atom is -0.482 e. The van der Waals surface area contributed by atoms with Crippen LogP contribution in [-0.2, 0) is 17.6 Å². The molecule has 1 aliphatic carbocycles. The van der Waals surface area contributed by atoms with E-state index in [1.165, 1.54) is 0 Å². The molecule has 1 saturated heterocycles. The Labute approximate surface area is 181 Å². The normalized spacial score (nSPS) is 20.2. The molecule has 0 saturated carbocycles. The zero-order chi connectivity index (χ0) is 21.7. The summed E-state index contributed by atoms with van der Waals surface area (Å²) in [5, 5.41) is 7.94. The number of benzene rings is 1. The monoisotopic (exact) mass is 432 g/mol. The number of rotatable bonds is 4. The molecular weight excluding hydrogens is 404 g/mol. The molecule has 2 aliphatic rings. The van der Waals surface area contributed by atoms with E-state index < -0.39 is 0 Å². The maximum Gasteiger partial charge on any atom is 0.339 e. The summed E-state index contributed by atoms with van der Waals surface area (Å²) in [6.45, 7) is 8.42. The summed E-state index contributed by atoms with van der Waals surface area (Å²) in [5.41, 5.74) is 1.81. The summed E-state index contributed by atoms with van der Waals surface area (Å²) >= 11 is 6.41. The lowest BCUT2D eigenvalue weighted by atomic mass is 9.79. The van der Waals surface area contributed by atoms with E-state index in [-0.39, 0.29) is 35.3 Å². The number of amides is 1. The van der Waals surface area contributed by atoms with Gasteiger partial charge in [0.25, 0.3) is 5.91 Å². The van der Waals surface area contributed by atoms with Gasteiger partial charge in [-0.25, -0.2) is 4.79 Å². The van der Waals surface area contributed by atoms with Crippen molar-refractivity contribution in [2.75, 3.05) is 6.61 Å². The van der Waals surface area contributed by atoms with Crippen LogP contribution in [0.3, 0.4) is 0 Å². The summed E-state index contributed by atoms with van der Waals surface area (Å²) in [7, 11) is 0. The van der Waals surface area contributed by atoms with Crippen LogP contribution in [0.15, 0.2) is 21.3 Å². The van der Waals surface area contributed by atoms with E-state index in [9.17, 15) is 9.59 Å². The third-order valence-electron chi connectivity index (χ3n) is 5.94. The topological polar surface area (TPSA) is 80.6 Å². The number of piperidine rings is 1. The van der Waals surface area contributed by atoms with Gasteiger partial charge in [-0.15, -0.1) is 0 Å². The van der Waals surface area contributed by atoms with Crippen LogP contribution in [0, 0.1) is 0 Å². The highest BCUT2D eigenvalue weighted by atomic mass is 35.5. The van der Waals surface area contributed by atoms with E-state index >= 15 is 0 Å². The van der Waals surface area contributed by atoms with Gasteiger partial charge in [0.05, 0.1) is 5.02 Å². The second-order valence-corrected chi connectivity index (χ2v) is 10.2. The average Bonchev–Trinajstić information content (AvgIpc) is 3.08. The van der Waals surface area contributed by atoms with Crippen molar-refractivity contribution >= 4 is 28.5 Å². The van der Waals surface area contributed by atoms with Crippen molar-refractivity contribution in [3.8, 4) is 5.75 Å². The van der Waals surface area contributed by atoms with Crippen LogP contribution < -0.4 is 21.0 Å². The van der Waals surface area contributed by atoms with Gasteiger partial charge in [-0.2, -0.15) is 0 Å². The molecule has 0 atom stereocenters. The molecule has 1 aromatic carbocycles. The summed E-state index contributed by atoms with van der Waals surface area (Å²) in [4.78, 5) is 24.7. The van der Waals surface area contributed by atoms with Gasteiger partial charge in [0.15, 0.2) is 6.61 Å². The van der Waals surface area contributed by atoms with E-state index in [1.54, 1.807) is 12.1 Å². The third-order valence-corrected chi connectivity index (χ3v) is 6.24. The van der Waals surface area contributed by atoms with Gasteiger partial charge in [-0.05, 0) is 71.4 Å². The van der Waals surface area contributed by atoms with E-state index in [0.717, 1.165) is 48.6 Å². The molecule has 30 heavy (non-hydrogen) atoms. The van der Waals surface area contributed by atoms with Crippen molar-refractivity contribution in [3.05, 3.63) is 38.7 Å². The highest BCUT2D eigenvalue weighted by Crippen LogP contribution is 2.34. The smallest absolute Gasteiger partial charge is 0.339 e. The van der Waals surface area contributed by atoms with Crippen LogP contribution in [0.25, 0.3) is 11.0 Å². The standard InChI is InChI=1S/C23H29ClN2O4/c1-22(2)10-13(11-23(3,4)26-22)25-20(27)12-29-19-9-18-16(8-17(19)24)14-6-5-7-15(14)21(28)30-18/h8-9,13,26H,5-7,10-12H2,1-4H3,(H,25,27). The molecule has 4 rings (SSSR count). The predicted octanol–water partition coefficient (Wildman–Crippen LogP) is 3.74. The molecule has 0 radical (unpaired) electrons. The number of hydrogen-bond acceptors (Lipinski definition) is 5. The zero-order valence-corrected chi connectivity index (χ0v) is 18.7. The van der Waals surface area contributed by atoms with E-state index in [2.05, 4.69) is 38.3 Å². The van der Waals surface area contributed by atoms with Crippen LogP contribution in [0.5, 0.6) is 5.75 Å². The molecule has 1 aromatic heterocycles. The van der Waals surface area contributed by atoms with Crippen molar-refractivity contribution in [2.24, 2.45) is 0 Å². The van der Waals surface area contributed by atoms with Crippen molar-refractivity contribution in [1.82, 2.24) is 10.6 Å². The first-order chi connectivity index (χ1) is 14.0. The zero-order valence-electron chi connectivity index (χ0n) is 18.0. The Morgan fingerprint density at radius 1 is 1.20 bits per heavy atom. The van der Waals surface area contributed by atoms with E-state index in [0.29, 0.717) is 16.4 Å². The fourth-order valence-electron chi connectivity index (χ4n) is 5.23. The SMILES string of the molecule is CC1(C)CC(NC(=O)COc2cc3oc(=O)c4c(c3cc2Cl)CCC4)CC(C)(C)N1. The van der Waals surface area contributed by atoms with Crippen molar-refractivity contribution in [3.63, 3.8) is 0 Å². The summed E-state index contributed by atoms with van der Waals surface area (Å²) in [6, 6.07) is 3.46. The van der Waals surface area contributed by atoms with Gasteiger partial charge in [-0.1, -0.05) is 11.6 Å². The molecule has 0 spiro atoms. The third kappa shape index (κ3) is 4.35. The lowest BCUT2D eigenvalue weighted by molar-refractivity contribution is -0.124. The molecular formula is C23H29ClN2O4. The van der Waals surface area contributed by atoms with Crippen LogP contribution >= 0.6 is 11.6 Å². The lowest BCUT2D eigenvalue weighted by Gasteiger charge is -2.46. The first kappa shape index (κ1) is 21.2. The molecule has 162 valence electrons. The van der Waals surface area contributed by atoms with Gasteiger partial charge >= 0.3 is 5.63 Å². The Morgan fingerprint density at radius 3 is 2.57 bits per heavy atom. The minimum atomic E-state index is -0.294. The first-order valence-electron chi connectivity index (χ1n) is 10.5. The second kappa shape index (κ2) is 7.57. The highest BCUT2D eigenvalue weighted by Gasteiger charge is 2.38. The minimum absolute atomic E-state index is 0.0555. The van der Waals surface area contributed by atoms with Crippen LogP contribution in [-0.4, -0.2) is 29.6 Å². The number of halogens is 1. The number of hydrogen-bond donors (Lipinski definition) is 2. The second-order valence-electron chi connectivity index (χ2n) is 9.83. The van der Waals surface area contributed by atoms with E-state index in [1.807, 2.05) is 0 Å². The number of carbonyl (C=O) groups excluding carboxylic acids is 1. The quantitative estimate of drug-likeness (QED) is 0.719. The van der Waals surface area contributed by atoms with Crippen molar-refractivity contribution < 1.29 is 13.9 Å². The number of nitrogens with one attached hydrogen (secondary N) is 2. The average molecular weight is 433 g/mol. The number of ether oxygens (including phenoxy) is 1. The van der Waals surface area contributed by atoms with Crippen molar-refractivity contribution in [1.29, 1.82) is 0 Å². The maximum atomic E-state index is 12.5. The molecule has 0 bridgehead atoms. The number of aryl methyl sites for hydroxylation is 1.